The minimum absolute atomic E-state index is 0.171. The van der Waals surface area contributed by atoms with Gasteiger partial charge in [-0.2, -0.15) is 0 Å². The van der Waals surface area contributed by atoms with Gasteiger partial charge < -0.3 is 9.88 Å². The molecule has 0 radical (unpaired) electrons. The third-order valence-electron chi connectivity index (χ3n) is 3.40. The number of nitro benzene ring substituents is 1. The topological polar surface area (TPSA) is 60.1 Å². The molecule has 0 spiro atoms. The Kier molecular flexibility index (Phi) is 4.08. The summed E-state index contributed by atoms with van der Waals surface area (Å²) in [6.45, 7) is 7.41. The number of hydrogen-bond acceptors (Lipinski definition) is 3. The zero-order valence-corrected chi connectivity index (χ0v) is 12.0. The van der Waals surface area contributed by atoms with Gasteiger partial charge in [0, 0.05) is 42.8 Å². The molecule has 106 valence electrons. The van der Waals surface area contributed by atoms with E-state index >= 15 is 0 Å². The van der Waals surface area contributed by atoms with Gasteiger partial charge in [0.05, 0.1) is 4.92 Å². The lowest BCUT2D eigenvalue weighted by molar-refractivity contribution is -0.385. The van der Waals surface area contributed by atoms with Crippen LogP contribution < -0.4 is 5.32 Å². The first-order chi connectivity index (χ1) is 9.51. The van der Waals surface area contributed by atoms with E-state index in [-0.39, 0.29) is 10.6 Å². The first-order valence-electron chi connectivity index (χ1n) is 6.65. The molecule has 0 amide bonds. The summed E-state index contributed by atoms with van der Waals surface area (Å²) in [6.07, 6.45) is 4.14. The SMILES string of the molecule is CCn1ccc(CNc2cc(C)c([N+](=O)[O-])cc2C)c1. The average molecular weight is 273 g/mol. The highest BCUT2D eigenvalue weighted by Gasteiger charge is 2.13. The Morgan fingerprint density at radius 2 is 2.05 bits per heavy atom. The molecule has 5 heteroatoms. The molecule has 0 aliphatic rings. The molecule has 0 fully saturated rings. The van der Waals surface area contributed by atoms with Crippen molar-refractivity contribution in [2.24, 2.45) is 0 Å². The van der Waals surface area contributed by atoms with E-state index in [1.807, 2.05) is 19.2 Å². The molecule has 0 bridgehead atoms. The molecule has 0 atom stereocenters. The second kappa shape index (κ2) is 5.77. The van der Waals surface area contributed by atoms with Crippen LogP contribution in [0, 0.1) is 24.0 Å². The van der Waals surface area contributed by atoms with E-state index < -0.39 is 0 Å². The predicted octanol–water partition coefficient (Wildman–Crippen LogP) is 3.65. The third-order valence-corrected chi connectivity index (χ3v) is 3.40. The molecule has 0 aliphatic heterocycles. The van der Waals surface area contributed by atoms with E-state index in [2.05, 4.69) is 29.1 Å². The fourth-order valence-corrected chi connectivity index (χ4v) is 2.18. The summed E-state index contributed by atoms with van der Waals surface area (Å²) < 4.78 is 2.12. The van der Waals surface area contributed by atoms with Gasteiger partial charge in [-0.25, -0.2) is 0 Å². The van der Waals surface area contributed by atoms with Crippen LogP contribution in [0.25, 0.3) is 0 Å². The standard InChI is InChI=1S/C15H19N3O2/c1-4-17-6-5-13(10-17)9-16-14-7-12(3)15(18(19)20)8-11(14)2/h5-8,10,16H,4,9H2,1-3H3. The number of nitro groups is 1. The lowest BCUT2D eigenvalue weighted by atomic mass is 10.1. The first kappa shape index (κ1) is 14.1. The number of hydrogen-bond donors (Lipinski definition) is 1. The predicted molar refractivity (Wildman–Crippen MR) is 80.0 cm³/mol. The Hall–Kier alpha value is -2.30. The highest BCUT2D eigenvalue weighted by Crippen LogP contribution is 2.26. The number of nitrogens with zero attached hydrogens (tertiary/aromatic N) is 2. The highest BCUT2D eigenvalue weighted by molar-refractivity contribution is 5.59. The number of nitrogens with one attached hydrogen (secondary N) is 1. The smallest absolute Gasteiger partial charge is 0.272 e. The van der Waals surface area contributed by atoms with Gasteiger partial charge in [0.2, 0.25) is 0 Å². The van der Waals surface area contributed by atoms with Crippen molar-refractivity contribution in [1.29, 1.82) is 0 Å². The lowest BCUT2D eigenvalue weighted by Gasteiger charge is -2.10. The molecule has 0 saturated heterocycles. The van der Waals surface area contributed by atoms with E-state index in [4.69, 9.17) is 0 Å². The van der Waals surface area contributed by atoms with Gasteiger partial charge in [-0.05, 0) is 44.0 Å². The van der Waals surface area contributed by atoms with Crippen LogP contribution >= 0.6 is 0 Å². The van der Waals surface area contributed by atoms with Crippen LogP contribution in [0.1, 0.15) is 23.6 Å². The molecular weight excluding hydrogens is 254 g/mol. The highest BCUT2D eigenvalue weighted by atomic mass is 16.6. The van der Waals surface area contributed by atoms with Crippen molar-refractivity contribution in [3.05, 3.63) is 57.4 Å². The van der Waals surface area contributed by atoms with Crippen LogP contribution in [0.5, 0.6) is 0 Å². The Balaban J connectivity index is 2.13. The third kappa shape index (κ3) is 2.99. The molecular formula is C15H19N3O2. The summed E-state index contributed by atoms with van der Waals surface area (Å²) in [5.41, 5.74) is 3.87. The van der Waals surface area contributed by atoms with Crippen molar-refractivity contribution in [3.8, 4) is 0 Å². The first-order valence-corrected chi connectivity index (χ1v) is 6.65. The zero-order valence-electron chi connectivity index (χ0n) is 12.0. The van der Waals surface area contributed by atoms with Crippen molar-refractivity contribution in [1.82, 2.24) is 4.57 Å². The number of benzene rings is 1. The minimum Gasteiger partial charge on any atom is -0.381 e. The Labute approximate surface area is 118 Å². The van der Waals surface area contributed by atoms with Gasteiger partial charge in [-0.15, -0.1) is 0 Å². The fraction of sp³-hybridized carbons (Fsp3) is 0.333. The van der Waals surface area contributed by atoms with Gasteiger partial charge in [-0.3, -0.25) is 10.1 Å². The summed E-state index contributed by atoms with van der Waals surface area (Å²) >= 11 is 0. The monoisotopic (exact) mass is 273 g/mol. The number of aryl methyl sites for hydroxylation is 3. The van der Waals surface area contributed by atoms with Gasteiger partial charge in [0.15, 0.2) is 0 Å². The number of rotatable bonds is 5. The average Bonchev–Trinajstić information content (AvgIpc) is 2.87. The van der Waals surface area contributed by atoms with Gasteiger partial charge in [0.25, 0.3) is 5.69 Å². The Morgan fingerprint density at radius 3 is 2.65 bits per heavy atom. The number of aromatic nitrogens is 1. The Bertz CT molecular complexity index is 632. The molecule has 5 nitrogen and oxygen atoms in total. The molecule has 1 heterocycles. The molecule has 2 rings (SSSR count). The second-order valence-corrected chi connectivity index (χ2v) is 4.91. The number of anilines is 1. The summed E-state index contributed by atoms with van der Waals surface area (Å²) in [5.74, 6) is 0. The van der Waals surface area contributed by atoms with E-state index in [1.54, 1.807) is 13.0 Å². The lowest BCUT2D eigenvalue weighted by Crippen LogP contribution is -2.02. The molecule has 0 aliphatic carbocycles. The van der Waals surface area contributed by atoms with Crippen molar-refractivity contribution in [2.45, 2.75) is 33.9 Å². The van der Waals surface area contributed by atoms with Crippen LogP contribution in [0.15, 0.2) is 30.6 Å². The fourth-order valence-electron chi connectivity index (χ4n) is 2.18. The van der Waals surface area contributed by atoms with E-state index in [9.17, 15) is 10.1 Å². The van der Waals surface area contributed by atoms with Crippen molar-refractivity contribution in [3.63, 3.8) is 0 Å². The molecule has 0 saturated carbocycles. The quantitative estimate of drug-likeness (QED) is 0.668. The maximum atomic E-state index is 10.9. The van der Waals surface area contributed by atoms with Gasteiger partial charge >= 0.3 is 0 Å². The van der Waals surface area contributed by atoms with Gasteiger partial charge in [-0.1, -0.05) is 0 Å². The van der Waals surface area contributed by atoms with Crippen LogP contribution in [-0.4, -0.2) is 9.49 Å². The minimum atomic E-state index is -0.340. The van der Waals surface area contributed by atoms with Gasteiger partial charge in [0.1, 0.15) is 0 Å². The van der Waals surface area contributed by atoms with Crippen LogP contribution in [0.3, 0.4) is 0 Å². The van der Waals surface area contributed by atoms with Crippen LogP contribution in [0.2, 0.25) is 0 Å². The van der Waals surface area contributed by atoms with Crippen molar-refractivity contribution < 1.29 is 4.92 Å². The van der Waals surface area contributed by atoms with Crippen LogP contribution in [-0.2, 0) is 13.1 Å². The molecule has 20 heavy (non-hydrogen) atoms. The summed E-state index contributed by atoms with van der Waals surface area (Å²) in [4.78, 5) is 10.5. The van der Waals surface area contributed by atoms with E-state index in [0.29, 0.717) is 12.1 Å². The molecule has 1 N–H and O–H groups in total. The summed E-state index contributed by atoms with van der Waals surface area (Å²) in [7, 11) is 0. The normalized spacial score (nSPS) is 10.6. The molecule has 2 aromatic rings. The summed E-state index contributed by atoms with van der Waals surface area (Å²) in [6, 6.07) is 5.53. The molecule has 1 aromatic heterocycles. The van der Waals surface area contributed by atoms with E-state index in [1.165, 1.54) is 5.56 Å². The second-order valence-electron chi connectivity index (χ2n) is 4.91. The summed E-state index contributed by atoms with van der Waals surface area (Å²) in [5, 5.41) is 14.2. The maximum absolute atomic E-state index is 10.9. The van der Waals surface area contributed by atoms with Crippen molar-refractivity contribution in [2.75, 3.05) is 5.32 Å². The van der Waals surface area contributed by atoms with Crippen molar-refractivity contribution >= 4 is 11.4 Å². The molecule has 1 aromatic carbocycles. The Morgan fingerprint density at radius 1 is 1.30 bits per heavy atom. The maximum Gasteiger partial charge on any atom is 0.272 e. The van der Waals surface area contributed by atoms with E-state index in [0.717, 1.165) is 17.8 Å². The largest absolute Gasteiger partial charge is 0.381 e. The zero-order chi connectivity index (χ0) is 14.7. The van der Waals surface area contributed by atoms with Crippen LogP contribution in [0.4, 0.5) is 11.4 Å². The molecule has 0 unspecified atom stereocenters.